The van der Waals surface area contributed by atoms with Crippen molar-refractivity contribution in [3.8, 4) is 0 Å². The monoisotopic (exact) mass is 239 g/mol. The highest BCUT2D eigenvalue weighted by Crippen LogP contribution is 2.35. The van der Waals surface area contributed by atoms with Gasteiger partial charge >= 0.3 is 0 Å². The number of ether oxygens (including phenoxy) is 1. The number of allylic oxidation sites excluding steroid dienone is 1. The number of hydrogen-bond acceptors (Lipinski definition) is 2. The van der Waals surface area contributed by atoms with Gasteiger partial charge in [-0.25, -0.2) is 0 Å². The van der Waals surface area contributed by atoms with Crippen LogP contribution in [-0.2, 0) is 4.74 Å². The van der Waals surface area contributed by atoms with Gasteiger partial charge in [-0.15, -0.1) is 6.58 Å². The number of rotatable bonds is 7. The van der Waals surface area contributed by atoms with Crippen LogP contribution in [0.1, 0.15) is 52.9 Å². The van der Waals surface area contributed by atoms with Gasteiger partial charge in [0.2, 0.25) is 0 Å². The summed E-state index contributed by atoms with van der Waals surface area (Å²) < 4.78 is 5.86. The van der Waals surface area contributed by atoms with E-state index in [1.54, 1.807) is 0 Å². The van der Waals surface area contributed by atoms with Gasteiger partial charge in [-0.1, -0.05) is 25.8 Å². The van der Waals surface area contributed by atoms with Crippen LogP contribution in [-0.4, -0.2) is 18.2 Å². The molecule has 5 unspecified atom stereocenters. The van der Waals surface area contributed by atoms with Crippen LogP contribution >= 0.6 is 0 Å². The van der Waals surface area contributed by atoms with Crippen molar-refractivity contribution in [2.45, 2.75) is 71.1 Å². The fraction of sp³-hybridized carbons (Fsp3) is 0.867. The van der Waals surface area contributed by atoms with Gasteiger partial charge in [0.05, 0.1) is 12.2 Å². The largest absolute Gasteiger partial charge is 0.375 e. The molecule has 0 radical (unpaired) electrons. The molecule has 2 nitrogen and oxygen atoms in total. The van der Waals surface area contributed by atoms with Gasteiger partial charge < -0.3 is 10.5 Å². The summed E-state index contributed by atoms with van der Waals surface area (Å²) in [5.74, 6) is 1.12. The minimum Gasteiger partial charge on any atom is -0.375 e. The van der Waals surface area contributed by atoms with E-state index in [1.165, 1.54) is 19.3 Å². The SMILES string of the molecule is C=CCCCCCC(N)C1C(C)OC(C)C1C. The summed E-state index contributed by atoms with van der Waals surface area (Å²) in [4.78, 5) is 0. The zero-order valence-electron chi connectivity index (χ0n) is 11.7. The van der Waals surface area contributed by atoms with Gasteiger partial charge in [-0.2, -0.15) is 0 Å². The summed E-state index contributed by atoms with van der Waals surface area (Å²) >= 11 is 0. The van der Waals surface area contributed by atoms with Crippen LogP contribution in [0, 0.1) is 11.8 Å². The van der Waals surface area contributed by atoms with Crippen molar-refractivity contribution in [1.82, 2.24) is 0 Å². The first-order valence-corrected chi connectivity index (χ1v) is 7.09. The highest BCUT2D eigenvalue weighted by atomic mass is 16.5. The first-order chi connectivity index (χ1) is 8.07. The maximum absolute atomic E-state index is 6.34. The second kappa shape index (κ2) is 7.17. The second-order valence-corrected chi connectivity index (χ2v) is 5.57. The molecule has 0 amide bonds. The van der Waals surface area contributed by atoms with Crippen molar-refractivity contribution >= 4 is 0 Å². The quantitative estimate of drug-likeness (QED) is 0.545. The first-order valence-electron chi connectivity index (χ1n) is 7.09. The highest BCUT2D eigenvalue weighted by molar-refractivity contribution is 4.90. The van der Waals surface area contributed by atoms with E-state index >= 15 is 0 Å². The van der Waals surface area contributed by atoms with Gasteiger partial charge in [-0.05, 0) is 39.0 Å². The Morgan fingerprint density at radius 2 is 1.88 bits per heavy atom. The molecule has 2 N–H and O–H groups in total. The third-order valence-corrected chi connectivity index (χ3v) is 4.26. The molecule has 1 aliphatic rings. The lowest BCUT2D eigenvalue weighted by atomic mass is 9.82. The third-order valence-electron chi connectivity index (χ3n) is 4.26. The van der Waals surface area contributed by atoms with Crippen LogP contribution in [0.25, 0.3) is 0 Å². The van der Waals surface area contributed by atoms with Crippen LogP contribution in [0.5, 0.6) is 0 Å². The van der Waals surface area contributed by atoms with Gasteiger partial charge in [0.1, 0.15) is 0 Å². The van der Waals surface area contributed by atoms with E-state index < -0.39 is 0 Å². The van der Waals surface area contributed by atoms with E-state index in [2.05, 4.69) is 27.4 Å². The van der Waals surface area contributed by atoms with Gasteiger partial charge in [0.15, 0.2) is 0 Å². The van der Waals surface area contributed by atoms with Crippen molar-refractivity contribution in [2.75, 3.05) is 0 Å². The van der Waals surface area contributed by atoms with Crippen molar-refractivity contribution in [3.63, 3.8) is 0 Å². The molecular formula is C15H29NO. The van der Waals surface area contributed by atoms with Crippen LogP contribution < -0.4 is 5.73 Å². The molecule has 1 saturated heterocycles. The number of nitrogens with two attached hydrogens (primary N) is 1. The summed E-state index contributed by atoms with van der Waals surface area (Å²) in [5.41, 5.74) is 6.34. The molecule has 0 saturated carbocycles. The van der Waals surface area contributed by atoms with E-state index in [0.717, 1.165) is 12.8 Å². The lowest BCUT2D eigenvalue weighted by molar-refractivity contribution is 0.0486. The average molecular weight is 239 g/mol. The van der Waals surface area contributed by atoms with Crippen LogP contribution in [0.2, 0.25) is 0 Å². The average Bonchev–Trinajstić information content (AvgIpc) is 2.53. The molecular weight excluding hydrogens is 210 g/mol. The van der Waals surface area contributed by atoms with Crippen molar-refractivity contribution in [3.05, 3.63) is 12.7 Å². The molecule has 0 aromatic heterocycles. The van der Waals surface area contributed by atoms with Crippen LogP contribution in [0.4, 0.5) is 0 Å². The summed E-state index contributed by atoms with van der Waals surface area (Å²) in [7, 11) is 0. The Bertz CT molecular complexity index is 229. The zero-order chi connectivity index (χ0) is 12.8. The normalized spacial score (nSPS) is 34.8. The smallest absolute Gasteiger partial charge is 0.0597 e. The molecule has 5 atom stereocenters. The zero-order valence-corrected chi connectivity index (χ0v) is 11.7. The predicted octanol–water partition coefficient (Wildman–Crippen LogP) is 3.51. The fourth-order valence-corrected chi connectivity index (χ4v) is 3.07. The standard InChI is InChI=1S/C15H29NO/c1-5-6-7-8-9-10-14(16)15-11(2)12(3)17-13(15)4/h5,11-15H,1,6-10,16H2,2-4H3. The molecule has 17 heavy (non-hydrogen) atoms. The Morgan fingerprint density at radius 3 is 2.41 bits per heavy atom. The molecule has 1 fully saturated rings. The van der Waals surface area contributed by atoms with E-state index in [0.29, 0.717) is 30.1 Å². The molecule has 100 valence electrons. The fourth-order valence-electron chi connectivity index (χ4n) is 3.07. The molecule has 0 aliphatic carbocycles. The third kappa shape index (κ3) is 4.11. The van der Waals surface area contributed by atoms with Crippen molar-refractivity contribution in [1.29, 1.82) is 0 Å². The second-order valence-electron chi connectivity index (χ2n) is 5.57. The lowest BCUT2D eigenvalue weighted by Crippen LogP contribution is -2.37. The molecule has 1 rings (SSSR count). The lowest BCUT2D eigenvalue weighted by Gasteiger charge is -2.25. The summed E-state index contributed by atoms with van der Waals surface area (Å²) in [6, 6.07) is 0.300. The molecule has 0 bridgehead atoms. The Hall–Kier alpha value is -0.340. The minimum absolute atomic E-state index is 0.300. The predicted molar refractivity (Wildman–Crippen MR) is 73.9 cm³/mol. The Balaban J connectivity index is 2.27. The Morgan fingerprint density at radius 1 is 1.18 bits per heavy atom. The maximum atomic E-state index is 6.34. The Kier molecular flexibility index (Phi) is 6.21. The van der Waals surface area contributed by atoms with Gasteiger partial charge in [0.25, 0.3) is 0 Å². The van der Waals surface area contributed by atoms with E-state index in [1.807, 2.05) is 6.08 Å². The van der Waals surface area contributed by atoms with Crippen LogP contribution in [0.3, 0.4) is 0 Å². The summed E-state index contributed by atoms with van der Waals surface area (Å²) in [5, 5.41) is 0. The number of hydrogen-bond donors (Lipinski definition) is 1. The van der Waals surface area contributed by atoms with Crippen LogP contribution in [0.15, 0.2) is 12.7 Å². The first kappa shape index (κ1) is 14.7. The summed E-state index contributed by atoms with van der Waals surface area (Å²) in [6.07, 6.45) is 8.70. The van der Waals surface area contributed by atoms with E-state index in [4.69, 9.17) is 10.5 Å². The van der Waals surface area contributed by atoms with Gasteiger partial charge in [-0.3, -0.25) is 0 Å². The number of unbranched alkanes of at least 4 members (excludes halogenated alkanes) is 3. The maximum Gasteiger partial charge on any atom is 0.0597 e. The highest BCUT2D eigenvalue weighted by Gasteiger charge is 2.39. The molecule has 0 aromatic rings. The molecule has 1 heterocycles. The van der Waals surface area contributed by atoms with Crippen molar-refractivity contribution < 1.29 is 4.74 Å². The molecule has 0 aromatic carbocycles. The van der Waals surface area contributed by atoms with E-state index in [9.17, 15) is 0 Å². The summed E-state index contributed by atoms with van der Waals surface area (Å²) in [6.45, 7) is 10.4. The van der Waals surface area contributed by atoms with E-state index in [-0.39, 0.29) is 0 Å². The van der Waals surface area contributed by atoms with Gasteiger partial charge in [0, 0.05) is 12.0 Å². The molecule has 0 spiro atoms. The Labute approximate surface area is 107 Å². The minimum atomic E-state index is 0.300. The van der Waals surface area contributed by atoms with Crippen molar-refractivity contribution in [2.24, 2.45) is 17.6 Å². The molecule has 2 heteroatoms. The molecule has 1 aliphatic heterocycles. The topological polar surface area (TPSA) is 35.2 Å².